The third-order valence-corrected chi connectivity index (χ3v) is 5.57. The average Bonchev–Trinajstić information content (AvgIpc) is 3.26. The number of benzene rings is 2. The van der Waals surface area contributed by atoms with Crippen LogP contribution in [-0.2, 0) is 24.1 Å². The molecule has 4 nitrogen and oxygen atoms in total. The van der Waals surface area contributed by atoms with Crippen molar-refractivity contribution in [3.8, 4) is 5.75 Å². The first-order chi connectivity index (χ1) is 12.8. The lowest BCUT2D eigenvalue weighted by Gasteiger charge is -2.24. The smallest absolute Gasteiger partial charge is 0.224 e. The number of hydrogen-bond donors (Lipinski definition) is 2. The summed E-state index contributed by atoms with van der Waals surface area (Å²) in [5.41, 5.74) is 5.99. The molecule has 0 spiro atoms. The van der Waals surface area contributed by atoms with Gasteiger partial charge in [-0.3, -0.25) is 4.79 Å². The lowest BCUT2D eigenvalue weighted by molar-refractivity contribution is -0.121. The average molecular weight is 346 g/mol. The normalized spacial score (nSPS) is 18.2. The van der Waals surface area contributed by atoms with Gasteiger partial charge in [-0.15, -0.1) is 0 Å². The molecule has 0 saturated heterocycles. The monoisotopic (exact) mass is 346 g/mol. The summed E-state index contributed by atoms with van der Waals surface area (Å²) in [6.45, 7) is 0.746. The van der Waals surface area contributed by atoms with Crippen LogP contribution in [0.3, 0.4) is 0 Å². The summed E-state index contributed by atoms with van der Waals surface area (Å²) in [5, 5.41) is 4.54. The number of H-pyrrole nitrogens is 1. The number of carbonyl (C=O) groups excluding carboxylic acids is 1. The Kier molecular flexibility index (Phi) is 3.70. The zero-order valence-electron chi connectivity index (χ0n) is 14.7. The highest BCUT2D eigenvalue weighted by Crippen LogP contribution is 2.34. The molecule has 0 bridgehead atoms. The maximum Gasteiger partial charge on any atom is 0.224 e. The second-order valence-corrected chi connectivity index (χ2v) is 7.29. The molecule has 1 aliphatic heterocycles. The first-order valence-electron chi connectivity index (χ1n) is 9.41. The molecule has 2 heterocycles. The van der Waals surface area contributed by atoms with Crippen LogP contribution in [0.4, 0.5) is 0 Å². The summed E-state index contributed by atoms with van der Waals surface area (Å²) >= 11 is 0. The molecule has 2 N–H and O–H groups in total. The maximum absolute atomic E-state index is 12.6. The molecule has 5 rings (SSSR count). The highest BCUT2D eigenvalue weighted by atomic mass is 16.5. The van der Waals surface area contributed by atoms with E-state index in [1.54, 1.807) is 0 Å². The van der Waals surface area contributed by atoms with Gasteiger partial charge in [0.05, 0.1) is 19.1 Å². The second kappa shape index (κ2) is 6.20. The Labute approximate surface area is 152 Å². The molecule has 0 fully saturated rings. The molecule has 2 aliphatic rings. The summed E-state index contributed by atoms with van der Waals surface area (Å²) in [6.07, 6.45) is 4.53. The van der Waals surface area contributed by atoms with Gasteiger partial charge >= 0.3 is 0 Å². The lowest BCUT2D eigenvalue weighted by Crippen LogP contribution is -2.32. The first kappa shape index (κ1) is 15.5. The molecule has 2 aromatic carbocycles. The molecule has 1 amide bonds. The van der Waals surface area contributed by atoms with E-state index in [1.807, 2.05) is 12.1 Å². The van der Waals surface area contributed by atoms with Crippen LogP contribution in [0, 0.1) is 0 Å². The molecular weight excluding hydrogens is 324 g/mol. The number of para-hydroxylation sites is 1. The first-order valence-corrected chi connectivity index (χ1v) is 9.41. The molecule has 0 saturated carbocycles. The Hall–Kier alpha value is -2.75. The lowest BCUT2D eigenvalue weighted by atomic mass is 9.91. The van der Waals surface area contributed by atoms with E-state index in [0.29, 0.717) is 6.42 Å². The van der Waals surface area contributed by atoms with Crippen LogP contribution in [-0.4, -0.2) is 17.5 Å². The second-order valence-electron chi connectivity index (χ2n) is 7.29. The minimum absolute atomic E-state index is 0.0800. The number of aromatic amines is 1. The van der Waals surface area contributed by atoms with Gasteiger partial charge in [-0.25, -0.2) is 0 Å². The Morgan fingerprint density at radius 1 is 1.19 bits per heavy atom. The van der Waals surface area contributed by atoms with Crippen molar-refractivity contribution in [3.05, 3.63) is 64.8 Å². The SMILES string of the molecule is O=C(Cc1ccc2c(c1)CCO2)N[C@@H]1CCCc2c1[nH]c1ccccc21. The largest absolute Gasteiger partial charge is 0.493 e. The zero-order valence-corrected chi connectivity index (χ0v) is 14.7. The van der Waals surface area contributed by atoms with Crippen molar-refractivity contribution in [1.82, 2.24) is 10.3 Å². The minimum atomic E-state index is 0.0800. The number of aromatic nitrogens is 1. The van der Waals surface area contributed by atoms with Gasteiger partial charge in [0.2, 0.25) is 5.91 Å². The van der Waals surface area contributed by atoms with Crippen molar-refractivity contribution in [2.75, 3.05) is 6.61 Å². The van der Waals surface area contributed by atoms with Gasteiger partial charge in [-0.05, 0) is 48.1 Å². The Morgan fingerprint density at radius 2 is 2.12 bits per heavy atom. The summed E-state index contributed by atoms with van der Waals surface area (Å²) in [5.74, 6) is 1.05. The van der Waals surface area contributed by atoms with E-state index in [2.05, 4.69) is 40.6 Å². The van der Waals surface area contributed by atoms with Crippen LogP contribution in [0.1, 0.15) is 41.3 Å². The van der Waals surface area contributed by atoms with E-state index in [1.165, 1.54) is 22.2 Å². The van der Waals surface area contributed by atoms with E-state index in [9.17, 15) is 4.79 Å². The van der Waals surface area contributed by atoms with Crippen molar-refractivity contribution in [2.24, 2.45) is 0 Å². The molecule has 4 heteroatoms. The molecular formula is C22H22N2O2. The molecule has 1 aromatic heterocycles. The number of amides is 1. The Bertz CT molecular complexity index is 989. The van der Waals surface area contributed by atoms with Gasteiger partial charge in [-0.1, -0.05) is 30.3 Å². The van der Waals surface area contributed by atoms with Gasteiger partial charge in [0.1, 0.15) is 5.75 Å². The zero-order chi connectivity index (χ0) is 17.5. The van der Waals surface area contributed by atoms with Crippen LogP contribution in [0.2, 0.25) is 0 Å². The quantitative estimate of drug-likeness (QED) is 0.757. The van der Waals surface area contributed by atoms with Crippen molar-refractivity contribution < 1.29 is 9.53 Å². The van der Waals surface area contributed by atoms with Gasteiger partial charge in [0.25, 0.3) is 0 Å². The van der Waals surface area contributed by atoms with Crippen LogP contribution in [0.25, 0.3) is 10.9 Å². The summed E-state index contributed by atoms with van der Waals surface area (Å²) in [6, 6.07) is 14.6. The van der Waals surface area contributed by atoms with Crippen LogP contribution in [0.15, 0.2) is 42.5 Å². The third-order valence-electron chi connectivity index (χ3n) is 5.57. The fourth-order valence-corrected chi connectivity index (χ4v) is 4.34. The van der Waals surface area contributed by atoms with Gasteiger partial charge in [0.15, 0.2) is 0 Å². The van der Waals surface area contributed by atoms with Crippen molar-refractivity contribution in [2.45, 2.75) is 38.1 Å². The van der Waals surface area contributed by atoms with E-state index in [-0.39, 0.29) is 11.9 Å². The van der Waals surface area contributed by atoms with Crippen LogP contribution >= 0.6 is 0 Å². The third kappa shape index (κ3) is 2.66. The van der Waals surface area contributed by atoms with E-state index < -0.39 is 0 Å². The fraction of sp³-hybridized carbons (Fsp3) is 0.318. The van der Waals surface area contributed by atoms with E-state index in [0.717, 1.165) is 49.1 Å². The molecule has 1 aliphatic carbocycles. The number of nitrogens with one attached hydrogen (secondary N) is 2. The van der Waals surface area contributed by atoms with Crippen LogP contribution < -0.4 is 10.1 Å². The van der Waals surface area contributed by atoms with E-state index >= 15 is 0 Å². The molecule has 0 unspecified atom stereocenters. The molecule has 1 atom stereocenters. The van der Waals surface area contributed by atoms with Crippen molar-refractivity contribution in [3.63, 3.8) is 0 Å². The number of fused-ring (bicyclic) bond motifs is 4. The van der Waals surface area contributed by atoms with E-state index in [4.69, 9.17) is 4.74 Å². The molecule has 3 aromatic rings. The molecule has 0 radical (unpaired) electrons. The number of carbonyl (C=O) groups is 1. The van der Waals surface area contributed by atoms with Gasteiger partial charge < -0.3 is 15.0 Å². The Balaban J connectivity index is 1.35. The maximum atomic E-state index is 12.6. The Morgan fingerprint density at radius 3 is 3.08 bits per heavy atom. The molecule has 26 heavy (non-hydrogen) atoms. The summed E-state index contributed by atoms with van der Waals surface area (Å²) in [4.78, 5) is 16.2. The predicted octanol–water partition coefficient (Wildman–Crippen LogP) is 3.84. The van der Waals surface area contributed by atoms with Crippen LogP contribution in [0.5, 0.6) is 5.75 Å². The summed E-state index contributed by atoms with van der Waals surface area (Å²) in [7, 11) is 0. The number of ether oxygens (including phenoxy) is 1. The van der Waals surface area contributed by atoms with Gasteiger partial charge in [0, 0.05) is 23.0 Å². The number of rotatable bonds is 3. The topological polar surface area (TPSA) is 54.1 Å². The molecule has 132 valence electrons. The fourth-order valence-electron chi connectivity index (χ4n) is 4.34. The highest BCUT2D eigenvalue weighted by molar-refractivity contribution is 5.86. The number of aryl methyl sites for hydroxylation is 1. The highest BCUT2D eigenvalue weighted by Gasteiger charge is 2.25. The summed E-state index contributed by atoms with van der Waals surface area (Å²) < 4.78 is 5.54. The number of hydrogen-bond acceptors (Lipinski definition) is 2. The standard InChI is InChI=1S/C22H22N2O2/c25-21(13-14-8-9-20-15(12-14)10-11-26-20)23-19-7-3-5-17-16-4-1-2-6-18(16)24-22(17)19/h1-2,4,6,8-9,12,19,24H,3,5,7,10-11,13H2,(H,23,25)/t19-/m1/s1. The van der Waals surface area contributed by atoms with Crippen molar-refractivity contribution in [1.29, 1.82) is 0 Å². The van der Waals surface area contributed by atoms with Gasteiger partial charge in [-0.2, -0.15) is 0 Å². The van der Waals surface area contributed by atoms with Crippen molar-refractivity contribution >= 4 is 16.8 Å². The minimum Gasteiger partial charge on any atom is -0.493 e. The predicted molar refractivity (Wildman–Crippen MR) is 101 cm³/mol.